The minimum atomic E-state index is -0.0999. The molecule has 0 amide bonds. The largest absolute Gasteiger partial charge is 0.288 e. The van der Waals surface area contributed by atoms with E-state index in [4.69, 9.17) is 16.6 Å². The number of nitrogens with zero attached hydrogens (tertiary/aromatic N) is 3. The molecule has 0 spiro atoms. The molecule has 38 heavy (non-hydrogen) atoms. The van der Waals surface area contributed by atoms with Crippen molar-refractivity contribution >= 4 is 50.8 Å². The minimum absolute atomic E-state index is 0.0999. The lowest BCUT2D eigenvalue weighted by Crippen LogP contribution is -1.98. The number of carbonyl (C=O) groups excluding carboxylic acids is 1. The summed E-state index contributed by atoms with van der Waals surface area (Å²) in [6, 6.07) is 36.7. The zero-order valence-corrected chi connectivity index (χ0v) is 21.7. The van der Waals surface area contributed by atoms with E-state index in [0.29, 0.717) is 26.0 Å². The van der Waals surface area contributed by atoms with Crippen LogP contribution in [0.1, 0.15) is 20.8 Å². The van der Waals surface area contributed by atoms with E-state index in [-0.39, 0.29) is 5.78 Å². The molecule has 0 fully saturated rings. The van der Waals surface area contributed by atoms with E-state index in [0.717, 1.165) is 33.3 Å². The number of carbonyl (C=O) groups is 1. The number of ketones is 1. The molecule has 0 atom stereocenters. The monoisotopic (exact) mass is 529 g/mol. The Bertz CT molecular complexity index is 1770. The van der Waals surface area contributed by atoms with Crippen LogP contribution in [0.4, 0.5) is 5.69 Å². The molecular weight excluding hydrogens is 510 g/mol. The van der Waals surface area contributed by atoms with Crippen LogP contribution in [0, 0.1) is 0 Å². The molecule has 2 heterocycles. The average molecular weight is 530 g/mol. The van der Waals surface area contributed by atoms with Crippen molar-refractivity contribution in [3.63, 3.8) is 0 Å². The van der Waals surface area contributed by atoms with Crippen LogP contribution in [0.15, 0.2) is 120 Å². The van der Waals surface area contributed by atoms with E-state index >= 15 is 0 Å². The minimum Gasteiger partial charge on any atom is -0.288 e. The van der Waals surface area contributed by atoms with Gasteiger partial charge >= 0.3 is 0 Å². The highest BCUT2D eigenvalue weighted by Crippen LogP contribution is 2.46. The van der Waals surface area contributed by atoms with Crippen LogP contribution in [0.2, 0.25) is 5.02 Å². The SMILES string of the molecule is O=C(c1ccccc1)c1sc2nnc(-c3ccccc3)c(-c3ccccc3)c2c1N=Cc1ccc(Cl)cc1. The second-order valence-electron chi connectivity index (χ2n) is 8.62. The molecular formula is C32H20ClN3OS. The molecule has 0 aliphatic rings. The fourth-order valence-corrected chi connectivity index (χ4v) is 5.50. The highest BCUT2D eigenvalue weighted by molar-refractivity contribution is 7.21. The fraction of sp³-hybridized carbons (Fsp3) is 0. The topological polar surface area (TPSA) is 55.2 Å². The first-order chi connectivity index (χ1) is 18.7. The lowest BCUT2D eigenvalue weighted by molar-refractivity contribution is 0.104. The maximum atomic E-state index is 13.8. The van der Waals surface area contributed by atoms with Crippen LogP contribution in [0.25, 0.3) is 32.6 Å². The number of fused-ring (bicyclic) bond motifs is 1. The van der Waals surface area contributed by atoms with Gasteiger partial charge in [0.05, 0.1) is 5.69 Å². The molecule has 0 saturated heterocycles. The summed E-state index contributed by atoms with van der Waals surface area (Å²) in [4.78, 5) is 19.9. The molecule has 0 saturated carbocycles. The molecule has 182 valence electrons. The van der Waals surface area contributed by atoms with Gasteiger partial charge in [-0.1, -0.05) is 115 Å². The molecule has 0 aliphatic carbocycles. The summed E-state index contributed by atoms with van der Waals surface area (Å²) in [5, 5.41) is 10.7. The van der Waals surface area contributed by atoms with E-state index in [1.165, 1.54) is 11.3 Å². The number of halogens is 1. The summed E-state index contributed by atoms with van der Waals surface area (Å²) in [5.74, 6) is -0.0999. The zero-order valence-electron chi connectivity index (χ0n) is 20.1. The van der Waals surface area contributed by atoms with Gasteiger partial charge in [-0.2, -0.15) is 0 Å². The lowest BCUT2D eigenvalue weighted by atomic mass is 9.96. The van der Waals surface area contributed by atoms with Crippen LogP contribution in [0.3, 0.4) is 0 Å². The number of rotatable bonds is 6. The molecule has 2 aromatic heterocycles. The molecule has 4 aromatic carbocycles. The van der Waals surface area contributed by atoms with Gasteiger partial charge < -0.3 is 0 Å². The summed E-state index contributed by atoms with van der Waals surface area (Å²) in [6.07, 6.45) is 1.76. The normalized spacial score (nSPS) is 11.3. The molecule has 0 aliphatic heterocycles. The number of aliphatic imine (C=N–C) groups is 1. The number of aromatic nitrogens is 2. The first-order valence-corrected chi connectivity index (χ1v) is 13.2. The number of thiophene rings is 1. The molecule has 0 bridgehead atoms. The number of hydrogen-bond acceptors (Lipinski definition) is 5. The highest BCUT2D eigenvalue weighted by Gasteiger charge is 2.25. The predicted molar refractivity (Wildman–Crippen MR) is 157 cm³/mol. The Morgan fingerprint density at radius 3 is 2.00 bits per heavy atom. The summed E-state index contributed by atoms with van der Waals surface area (Å²) < 4.78 is 0. The van der Waals surface area contributed by atoms with Crippen molar-refractivity contribution in [1.29, 1.82) is 0 Å². The van der Waals surface area contributed by atoms with Crippen LogP contribution in [-0.4, -0.2) is 22.2 Å². The van der Waals surface area contributed by atoms with E-state index in [1.807, 2.05) is 115 Å². The van der Waals surface area contributed by atoms with E-state index in [9.17, 15) is 4.79 Å². The van der Waals surface area contributed by atoms with Crippen molar-refractivity contribution in [3.05, 3.63) is 136 Å². The van der Waals surface area contributed by atoms with Crippen LogP contribution in [0.5, 0.6) is 0 Å². The Kier molecular flexibility index (Phi) is 6.61. The summed E-state index contributed by atoms with van der Waals surface area (Å²) >= 11 is 7.40. The van der Waals surface area contributed by atoms with E-state index < -0.39 is 0 Å². The standard InChI is InChI=1S/C32H20ClN3OS/c33-25-18-16-21(17-19-25)20-34-29-27-26(22-10-4-1-5-11-22)28(23-12-6-2-7-13-23)35-36-32(27)38-31(29)30(37)24-14-8-3-9-15-24/h1-20H. The van der Waals surface area contributed by atoms with Crippen LogP contribution < -0.4 is 0 Å². The van der Waals surface area contributed by atoms with Crippen molar-refractivity contribution < 1.29 is 4.79 Å². The van der Waals surface area contributed by atoms with Crippen LogP contribution in [-0.2, 0) is 0 Å². The van der Waals surface area contributed by atoms with Gasteiger partial charge in [-0.3, -0.25) is 9.79 Å². The summed E-state index contributed by atoms with van der Waals surface area (Å²) in [6.45, 7) is 0. The Labute approximate surface area is 228 Å². The molecule has 0 radical (unpaired) electrons. The second kappa shape index (κ2) is 10.5. The van der Waals surface area contributed by atoms with Gasteiger partial charge in [0.2, 0.25) is 5.78 Å². The maximum Gasteiger partial charge on any atom is 0.205 e. The second-order valence-corrected chi connectivity index (χ2v) is 10.1. The zero-order chi connectivity index (χ0) is 25.9. The molecule has 0 N–H and O–H groups in total. The van der Waals surface area contributed by atoms with Crippen molar-refractivity contribution in [2.24, 2.45) is 4.99 Å². The van der Waals surface area contributed by atoms with Gasteiger partial charge in [-0.25, -0.2) is 0 Å². The first-order valence-electron chi connectivity index (χ1n) is 12.0. The van der Waals surface area contributed by atoms with E-state index in [1.54, 1.807) is 6.21 Å². The van der Waals surface area contributed by atoms with Gasteiger partial charge in [-0.05, 0) is 23.3 Å². The Morgan fingerprint density at radius 1 is 0.737 bits per heavy atom. The average Bonchev–Trinajstić information content (AvgIpc) is 3.36. The Hall–Kier alpha value is -4.45. The predicted octanol–water partition coefficient (Wildman–Crippen LogP) is 8.66. The quantitative estimate of drug-likeness (QED) is 0.160. The van der Waals surface area contributed by atoms with Gasteiger partial charge in [0.1, 0.15) is 15.4 Å². The smallest absolute Gasteiger partial charge is 0.205 e. The number of hydrogen-bond donors (Lipinski definition) is 0. The fourth-order valence-electron chi connectivity index (χ4n) is 4.34. The Balaban J connectivity index is 1.66. The first kappa shape index (κ1) is 23.9. The third-order valence-electron chi connectivity index (χ3n) is 6.16. The van der Waals surface area contributed by atoms with Crippen molar-refractivity contribution in [3.8, 4) is 22.4 Å². The molecule has 6 heteroatoms. The molecule has 6 aromatic rings. The van der Waals surface area contributed by atoms with Crippen molar-refractivity contribution in [2.45, 2.75) is 0 Å². The molecule has 6 rings (SSSR count). The lowest BCUT2D eigenvalue weighted by Gasteiger charge is -2.11. The van der Waals surface area contributed by atoms with Gasteiger partial charge in [-0.15, -0.1) is 21.5 Å². The molecule has 0 unspecified atom stereocenters. The van der Waals surface area contributed by atoms with E-state index in [2.05, 4.69) is 10.2 Å². The van der Waals surface area contributed by atoms with Crippen molar-refractivity contribution in [1.82, 2.24) is 10.2 Å². The third-order valence-corrected chi connectivity index (χ3v) is 7.47. The Morgan fingerprint density at radius 2 is 1.34 bits per heavy atom. The maximum absolute atomic E-state index is 13.8. The van der Waals surface area contributed by atoms with Crippen molar-refractivity contribution in [2.75, 3.05) is 0 Å². The van der Waals surface area contributed by atoms with Crippen LogP contribution >= 0.6 is 22.9 Å². The summed E-state index contributed by atoms with van der Waals surface area (Å²) in [5.41, 5.74) is 5.61. The van der Waals surface area contributed by atoms with Gasteiger partial charge in [0.25, 0.3) is 0 Å². The van der Waals surface area contributed by atoms with Gasteiger partial charge in [0, 0.05) is 33.3 Å². The third kappa shape index (κ3) is 4.65. The summed E-state index contributed by atoms with van der Waals surface area (Å²) in [7, 11) is 0. The highest BCUT2D eigenvalue weighted by atomic mass is 35.5. The number of benzene rings is 4. The molecule has 4 nitrogen and oxygen atoms in total. The van der Waals surface area contributed by atoms with Gasteiger partial charge in [0.15, 0.2) is 0 Å².